The van der Waals surface area contributed by atoms with E-state index in [4.69, 9.17) is 5.11 Å². The highest BCUT2D eigenvalue weighted by Crippen LogP contribution is 2.29. The van der Waals surface area contributed by atoms with Crippen LogP contribution in [-0.4, -0.2) is 30.4 Å². The number of aliphatic hydroxyl groups is 1. The molecule has 0 radical (unpaired) electrons. The Bertz CT molecular complexity index is 521. The second-order valence-corrected chi connectivity index (χ2v) is 8.41. The Balaban J connectivity index is 3.06. The first kappa shape index (κ1) is 17.6. The van der Waals surface area contributed by atoms with Crippen molar-refractivity contribution in [3.05, 3.63) is 15.8 Å². The monoisotopic (exact) mass is 319 g/mol. The van der Waals surface area contributed by atoms with Crippen LogP contribution in [0.15, 0.2) is 11.0 Å². The molecule has 0 aliphatic heterocycles. The van der Waals surface area contributed by atoms with E-state index < -0.39 is 10.0 Å². The number of rotatable bonds is 8. The third kappa shape index (κ3) is 4.04. The van der Waals surface area contributed by atoms with Gasteiger partial charge in [-0.15, -0.1) is 11.3 Å². The summed E-state index contributed by atoms with van der Waals surface area (Å²) in [6, 6.07) is 1.54. The third-order valence-corrected chi connectivity index (χ3v) is 6.59. The molecule has 0 atom stereocenters. The van der Waals surface area contributed by atoms with Crippen LogP contribution < -0.4 is 0 Å². The molecule has 20 heavy (non-hydrogen) atoms. The van der Waals surface area contributed by atoms with E-state index in [0.29, 0.717) is 16.3 Å². The molecule has 1 N–H and O–H groups in total. The number of hydrogen-bond acceptors (Lipinski definition) is 4. The molecule has 1 rings (SSSR count). The maximum absolute atomic E-state index is 12.8. The lowest BCUT2D eigenvalue weighted by atomic mass is 10.2. The minimum atomic E-state index is -3.47. The van der Waals surface area contributed by atoms with Crippen LogP contribution in [0.4, 0.5) is 0 Å². The predicted molar refractivity (Wildman–Crippen MR) is 83.5 cm³/mol. The molecule has 0 unspecified atom stereocenters. The average molecular weight is 319 g/mol. The fourth-order valence-electron chi connectivity index (χ4n) is 2.16. The molecule has 0 saturated carbocycles. The van der Waals surface area contributed by atoms with Crippen molar-refractivity contribution in [2.45, 2.75) is 64.5 Å². The topological polar surface area (TPSA) is 57.6 Å². The van der Waals surface area contributed by atoms with Crippen LogP contribution in [0, 0.1) is 6.92 Å². The van der Waals surface area contributed by atoms with E-state index in [2.05, 4.69) is 6.92 Å². The number of sulfonamides is 1. The number of unbranched alkanes of at least 4 members (excludes halogenated alkanes) is 2. The van der Waals surface area contributed by atoms with Gasteiger partial charge in [0.15, 0.2) is 0 Å². The summed E-state index contributed by atoms with van der Waals surface area (Å²) in [6.07, 6.45) is 2.98. The van der Waals surface area contributed by atoms with E-state index in [1.54, 1.807) is 17.3 Å². The molecule has 116 valence electrons. The maximum Gasteiger partial charge on any atom is 0.244 e. The molecule has 0 spiro atoms. The Morgan fingerprint density at radius 3 is 2.45 bits per heavy atom. The van der Waals surface area contributed by atoms with Gasteiger partial charge >= 0.3 is 0 Å². The average Bonchev–Trinajstić information content (AvgIpc) is 2.76. The summed E-state index contributed by atoms with van der Waals surface area (Å²) < 4.78 is 27.1. The molecular weight excluding hydrogens is 294 g/mol. The standard InChI is InChI=1S/C14H25NO3S2/c1-5-6-7-8-15(11(2)3)20(17,18)14-9-13(10-16)19-12(14)4/h9,11,16H,5-8,10H2,1-4H3. The van der Waals surface area contributed by atoms with Crippen LogP contribution in [0.2, 0.25) is 0 Å². The normalized spacial score (nSPS) is 12.6. The molecule has 0 bridgehead atoms. The highest BCUT2D eigenvalue weighted by molar-refractivity contribution is 7.89. The van der Waals surface area contributed by atoms with Crippen molar-refractivity contribution in [3.63, 3.8) is 0 Å². The summed E-state index contributed by atoms with van der Waals surface area (Å²) >= 11 is 1.34. The maximum atomic E-state index is 12.8. The minimum absolute atomic E-state index is 0.0614. The Kier molecular flexibility index (Phi) is 6.64. The summed E-state index contributed by atoms with van der Waals surface area (Å²) in [5.74, 6) is 0. The van der Waals surface area contributed by atoms with Crippen LogP contribution in [0.1, 0.15) is 49.8 Å². The van der Waals surface area contributed by atoms with E-state index in [-0.39, 0.29) is 12.6 Å². The molecule has 0 aliphatic carbocycles. The molecule has 0 aliphatic rings. The molecule has 0 saturated heterocycles. The first-order valence-electron chi connectivity index (χ1n) is 7.06. The van der Waals surface area contributed by atoms with E-state index in [1.165, 1.54) is 11.3 Å². The molecule has 6 heteroatoms. The number of hydrogen-bond donors (Lipinski definition) is 1. The zero-order valence-corrected chi connectivity index (χ0v) is 14.4. The fraction of sp³-hybridized carbons (Fsp3) is 0.714. The summed E-state index contributed by atoms with van der Waals surface area (Å²) in [7, 11) is -3.47. The second-order valence-electron chi connectivity index (χ2n) is 5.21. The van der Waals surface area contributed by atoms with Gasteiger partial charge in [0.1, 0.15) is 0 Å². The van der Waals surface area contributed by atoms with Gasteiger partial charge < -0.3 is 5.11 Å². The first-order valence-corrected chi connectivity index (χ1v) is 9.32. The Hall–Kier alpha value is -0.430. The lowest BCUT2D eigenvalue weighted by Crippen LogP contribution is -2.37. The molecule has 0 amide bonds. The smallest absolute Gasteiger partial charge is 0.244 e. The summed E-state index contributed by atoms with van der Waals surface area (Å²) in [5.41, 5.74) is 0. The van der Waals surface area contributed by atoms with Crippen LogP contribution in [-0.2, 0) is 16.6 Å². The van der Waals surface area contributed by atoms with Gasteiger partial charge in [-0.05, 0) is 33.3 Å². The van der Waals surface area contributed by atoms with Crippen molar-refractivity contribution in [3.8, 4) is 0 Å². The molecule has 0 aromatic carbocycles. The summed E-state index contributed by atoms with van der Waals surface area (Å²) in [4.78, 5) is 1.78. The van der Waals surface area contributed by atoms with E-state index >= 15 is 0 Å². The zero-order valence-electron chi connectivity index (χ0n) is 12.7. The van der Waals surface area contributed by atoms with Crippen LogP contribution in [0.5, 0.6) is 0 Å². The van der Waals surface area contributed by atoms with E-state index in [1.807, 2.05) is 13.8 Å². The van der Waals surface area contributed by atoms with Gasteiger partial charge in [0.2, 0.25) is 10.0 Å². The Morgan fingerprint density at radius 2 is 2.00 bits per heavy atom. The van der Waals surface area contributed by atoms with Gasteiger partial charge in [-0.1, -0.05) is 19.8 Å². The third-order valence-electron chi connectivity index (χ3n) is 3.22. The van der Waals surface area contributed by atoms with Gasteiger partial charge in [0.05, 0.1) is 11.5 Å². The van der Waals surface area contributed by atoms with Crippen molar-refractivity contribution < 1.29 is 13.5 Å². The molecule has 1 aromatic heterocycles. The highest BCUT2D eigenvalue weighted by Gasteiger charge is 2.29. The summed E-state index contributed by atoms with van der Waals surface area (Å²) in [5, 5.41) is 9.16. The van der Waals surface area contributed by atoms with Crippen molar-refractivity contribution in [2.75, 3.05) is 6.54 Å². The van der Waals surface area contributed by atoms with Gasteiger partial charge in [-0.2, -0.15) is 4.31 Å². The number of nitrogens with zero attached hydrogens (tertiary/aromatic N) is 1. The van der Waals surface area contributed by atoms with E-state index in [9.17, 15) is 8.42 Å². The SMILES string of the molecule is CCCCCN(C(C)C)S(=O)(=O)c1cc(CO)sc1C. The van der Waals surface area contributed by atoms with Gasteiger partial charge in [-0.3, -0.25) is 0 Å². The zero-order chi connectivity index (χ0) is 15.3. The Labute approximate surface area is 126 Å². The van der Waals surface area contributed by atoms with Crippen LogP contribution in [0.25, 0.3) is 0 Å². The number of aliphatic hydroxyl groups excluding tert-OH is 1. The van der Waals surface area contributed by atoms with Crippen molar-refractivity contribution in [1.82, 2.24) is 4.31 Å². The molecule has 1 heterocycles. The second kappa shape index (κ2) is 7.54. The van der Waals surface area contributed by atoms with Gasteiger partial charge in [0, 0.05) is 22.3 Å². The van der Waals surface area contributed by atoms with Crippen molar-refractivity contribution >= 4 is 21.4 Å². The first-order chi connectivity index (χ1) is 9.34. The number of aryl methyl sites for hydroxylation is 1. The molecule has 1 aromatic rings. The molecular formula is C14H25NO3S2. The molecule has 4 nitrogen and oxygen atoms in total. The largest absolute Gasteiger partial charge is 0.391 e. The highest BCUT2D eigenvalue weighted by atomic mass is 32.2. The van der Waals surface area contributed by atoms with Crippen LogP contribution >= 0.6 is 11.3 Å². The molecule has 0 fully saturated rings. The quantitative estimate of drug-likeness (QED) is 0.749. The fourth-order valence-corrected chi connectivity index (χ4v) is 5.30. The van der Waals surface area contributed by atoms with Gasteiger partial charge in [-0.25, -0.2) is 8.42 Å². The van der Waals surface area contributed by atoms with E-state index in [0.717, 1.165) is 24.1 Å². The lowest BCUT2D eigenvalue weighted by molar-refractivity contribution is 0.285. The minimum Gasteiger partial charge on any atom is -0.391 e. The van der Waals surface area contributed by atoms with Crippen molar-refractivity contribution in [1.29, 1.82) is 0 Å². The lowest BCUT2D eigenvalue weighted by Gasteiger charge is -2.25. The Morgan fingerprint density at radius 1 is 1.35 bits per heavy atom. The van der Waals surface area contributed by atoms with Crippen LogP contribution in [0.3, 0.4) is 0 Å². The van der Waals surface area contributed by atoms with Gasteiger partial charge in [0.25, 0.3) is 0 Å². The summed E-state index contributed by atoms with van der Waals surface area (Å²) in [6.45, 7) is 8.14. The number of thiophene rings is 1. The predicted octanol–water partition coefficient (Wildman–Crippen LogP) is 3.14. The van der Waals surface area contributed by atoms with Crippen molar-refractivity contribution in [2.24, 2.45) is 0 Å².